The summed E-state index contributed by atoms with van der Waals surface area (Å²) in [5.41, 5.74) is 1.16. The summed E-state index contributed by atoms with van der Waals surface area (Å²) in [6.07, 6.45) is 3.62. The molecule has 1 N–H and O–H groups in total. The maximum atomic E-state index is 14.7. The molecule has 0 unspecified atom stereocenters. The van der Waals surface area contributed by atoms with Gasteiger partial charge in [-0.05, 0) is 48.9 Å². The molecule has 5 rings (SSSR count). The topological polar surface area (TPSA) is 101 Å². The van der Waals surface area contributed by atoms with E-state index in [4.69, 9.17) is 4.52 Å². The van der Waals surface area contributed by atoms with E-state index in [-0.39, 0.29) is 29.6 Å². The second kappa shape index (κ2) is 9.42. The van der Waals surface area contributed by atoms with Crippen LogP contribution in [-0.2, 0) is 11.2 Å². The predicted octanol–water partition coefficient (Wildman–Crippen LogP) is 2.52. The van der Waals surface area contributed by atoms with Gasteiger partial charge in [0.25, 0.3) is 5.95 Å². The minimum absolute atomic E-state index is 0.129. The van der Waals surface area contributed by atoms with Crippen LogP contribution in [0.2, 0.25) is 0 Å². The number of benzene rings is 1. The highest BCUT2D eigenvalue weighted by atomic mass is 19.1. The lowest BCUT2D eigenvalue weighted by molar-refractivity contribution is -0.135. The summed E-state index contributed by atoms with van der Waals surface area (Å²) in [4.78, 5) is 20.7. The highest BCUT2D eigenvalue weighted by Crippen LogP contribution is 2.29. The van der Waals surface area contributed by atoms with E-state index >= 15 is 0 Å². The van der Waals surface area contributed by atoms with E-state index in [1.54, 1.807) is 6.07 Å². The number of carbonyl (C=O) groups excluding carboxylic acids is 1. The van der Waals surface area contributed by atoms with Crippen LogP contribution < -0.4 is 0 Å². The summed E-state index contributed by atoms with van der Waals surface area (Å²) in [5.74, 6) is 0.718. The molecular formula is C24H31FN6O3. The van der Waals surface area contributed by atoms with Crippen molar-refractivity contribution in [2.24, 2.45) is 5.92 Å². The van der Waals surface area contributed by atoms with Crippen molar-refractivity contribution in [1.29, 1.82) is 0 Å². The second-order valence-corrected chi connectivity index (χ2v) is 9.74. The molecule has 2 aromatic heterocycles. The highest BCUT2D eigenvalue weighted by molar-refractivity contribution is 5.84. The van der Waals surface area contributed by atoms with Gasteiger partial charge >= 0.3 is 0 Å². The molecule has 2 saturated heterocycles. The van der Waals surface area contributed by atoms with Crippen LogP contribution in [0.5, 0.6) is 0 Å². The minimum Gasteiger partial charge on any atom is -0.387 e. The van der Waals surface area contributed by atoms with E-state index in [2.05, 4.69) is 20.1 Å². The predicted molar refractivity (Wildman–Crippen MR) is 123 cm³/mol. The third-order valence-corrected chi connectivity index (χ3v) is 7.01. The monoisotopic (exact) mass is 470 g/mol. The molecule has 1 aromatic carbocycles. The molecule has 0 spiro atoms. The standard InChI is InChI=1S/C24H31FN6O3/c1-15(2)22-18-6-3-7-19(25)23(18)31(27-22)24-26-20(34-28-24)11-16-8-10-29(12-16)13-17-5-4-9-30(17)21(33)14-32/h3,6-7,15-17,32H,4-5,8-14H2,1-2H3/t16-,17+/m1/s1. The number of para-hydroxylation sites is 1. The number of amides is 1. The molecule has 0 saturated carbocycles. The summed E-state index contributed by atoms with van der Waals surface area (Å²) >= 11 is 0. The maximum Gasteiger partial charge on any atom is 0.291 e. The zero-order chi connectivity index (χ0) is 23.8. The Morgan fingerprint density at radius 1 is 1.29 bits per heavy atom. The number of carbonyl (C=O) groups is 1. The fourth-order valence-electron chi connectivity index (χ4n) is 5.37. The molecular weight excluding hydrogens is 439 g/mol. The van der Waals surface area contributed by atoms with Crippen LogP contribution in [0.25, 0.3) is 16.9 Å². The van der Waals surface area contributed by atoms with Gasteiger partial charge in [0.1, 0.15) is 17.9 Å². The fourth-order valence-corrected chi connectivity index (χ4v) is 5.37. The van der Waals surface area contributed by atoms with Crippen molar-refractivity contribution >= 4 is 16.8 Å². The van der Waals surface area contributed by atoms with Crippen molar-refractivity contribution in [1.82, 2.24) is 29.7 Å². The van der Waals surface area contributed by atoms with E-state index in [1.165, 1.54) is 10.7 Å². The lowest BCUT2D eigenvalue weighted by Crippen LogP contribution is -2.43. The van der Waals surface area contributed by atoms with Crippen LogP contribution in [-0.4, -0.2) is 79.6 Å². The summed E-state index contributed by atoms with van der Waals surface area (Å²) in [6.45, 7) is 7.03. The van der Waals surface area contributed by atoms with Crippen LogP contribution in [0.1, 0.15) is 50.6 Å². The number of rotatable bonds is 7. The van der Waals surface area contributed by atoms with Crippen molar-refractivity contribution in [2.45, 2.75) is 51.5 Å². The van der Waals surface area contributed by atoms with Gasteiger partial charge < -0.3 is 19.4 Å². The first-order chi connectivity index (χ1) is 16.4. The largest absolute Gasteiger partial charge is 0.387 e. The number of halogens is 1. The van der Waals surface area contributed by atoms with Crippen molar-refractivity contribution in [2.75, 3.05) is 32.8 Å². The zero-order valence-electron chi connectivity index (χ0n) is 19.7. The lowest BCUT2D eigenvalue weighted by atomic mass is 10.1. The van der Waals surface area contributed by atoms with Crippen molar-refractivity contribution in [3.05, 3.63) is 35.6 Å². The van der Waals surface area contributed by atoms with Crippen molar-refractivity contribution in [3.8, 4) is 5.95 Å². The van der Waals surface area contributed by atoms with Gasteiger partial charge in [-0.3, -0.25) is 4.79 Å². The molecule has 2 aliphatic heterocycles. The number of hydrogen-bond donors (Lipinski definition) is 1. The normalized spacial score (nSPS) is 21.4. The van der Waals surface area contributed by atoms with Gasteiger partial charge in [-0.25, -0.2) is 4.39 Å². The Bertz CT molecular complexity index is 1170. The Kier molecular flexibility index (Phi) is 6.35. The molecule has 182 valence electrons. The Morgan fingerprint density at radius 2 is 2.15 bits per heavy atom. The van der Waals surface area contributed by atoms with E-state index in [0.717, 1.165) is 56.5 Å². The number of likely N-dealkylation sites (tertiary alicyclic amines) is 2. The molecule has 0 radical (unpaired) electrons. The Morgan fingerprint density at radius 3 is 2.94 bits per heavy atom. The molecule has 10 heteroatoms. The molecule has 0 aliphatic carbocycles. The first-order valence-electron chi connectivity index (χ1n) is 12.1. The molecule has 4 heterocycles. The Balaban J connectivity index is 1.26. The smallest absolute Gasteiger partial charge is 0.291 e. The van der Waals surface area contributed by atoms with E-state index in [9.17, 15) is 14.3 Å². The van der Waals surface area contributed by atoms with Crippen LogP contribution in [0.3, 0.4) is 0 Å². The summed E-state index contributed by atoms with van der Waals surface area (Å²) in [6, 6.07) is 5.14. The third kappa shape index (κ3) is 4.32. The molecule has 0 bridgehead atoms. The molecule has 2 atom stereocenters. The van der Waals surface area contributed by atoms with Gasteiger partial charge in [-0.15, -0.1) is 0 Å². The van der Waals surface area contributed by atoms with Gasteiger partial charge in [0.15, 0.2) is 0 Å². The Hall–Kier alpha value is -2.85. The maximum absolute atomic E-state index is 14.7. The highest BCUT2D eigenvalue weighted by Gasteiger charge is 2.33. The first kappa shape index (κ1) is 22.9. The van der Waals surface area contributed by atoms with Crippen LogP contribution in [0.4, 0.5) is 4.39 Å². The van der Waals surface area contributed by atoms with Gasteiger partial charge in [-0.2, -0.15) is 14.8 Å². The first-order valence-corrected chi connectivity index (χ1v) is 12.1. The number of aromatic nitrogens is 4. The number of aliphatic hydroxyl groups excluding tert-OH is 1. The van der Waals surface area contributed by atoms with E-state index < -0.39 is 6.61 Å². The summed E-state index contributed by atoms with van der Waals surface area (Å²) < 4.78 is 21.6. The van der Waals surface area contributed by atoms with Crippen molar-refractivity contribution < 1.29 is 18.8 Å². The number of hydrogen-bond acceptors (Lipinski definition) is 7. The van der Waals surface area contributed by atoms with Gasteiger partial charge in [0.05, 0.1) is 5.69 Å². The van der Waals surface area contributed by atoms with Crippen LogP contribution in [0.15, 0.2) is 22.7 Å². The second-order valence-electron chi connectivity index (χ2n) is 9.74. The quantitative estimate of drug-likeness (QED) is 0.566. The molecule has 1 amide bonds. The minimum atomic E-state index is -0.424. The Labute approximate surface area is 197 Å². The summed E-state index contributed by atoms with van der Waals surface area (Å²) in [5, 5.41) is 18.7. The van der Waals surface area contributed by atoms with Gasteiger partial charge in [0.2, 0.25) is 11.8 Å². The van der Waals surface area contributed by atoms with E-state index in [0.29, 0.717) is 23.7 Å². The number of aliphatic hydroxyl groups is 1. The number of fused-ring (bicyclic) bond motifs is 1. The van der Waals surface area contributed by atoms with Gasteiger partial charge in [-0.1, -0.05) is 26.0 Å². The summed E-state index contributed by atoms with van der Waals surface area (Å²) in [7, 11) is 0. The van der Waals surface area contributed by atoms with E-state index in [1.807, 2.05) is 24.8 Å². The molecule has 2 aliphatic rings. The SMILES string of the molecule is CC(C)c1nn(-c2noc(C[C@H]3CCN(C[C@@H]4CCCN4C(=O)CO)C3)n2)c2c(F)cccc12. The molecule has 9 nitrogen and oxygen atoms in total. The molecule has 34 heavy (non-hydrogen) atoms. The average molecular weight is 471 g/mol. The molecule has 2 fully saturated rings. The lowest BCUT2D eigenvalue weighted by Gasteiger charge is -2.28. The third-order valence-electron chi connectivity index (χ3n) is 7.01. The number of nitrogens with zero attached hydrogens (tertiary/aromatic N) is 6. The molecule has 3 aromatic rings. The van der Waals surface area contributed by atoms with Crippen LogP contribution >= 0.6 is 0 Å². The van der Waals surface area contributed by atoms with Gasteiger partial charge in [0, 0.05) is 37.5 Å². The average Bonchev–Trinajstić information content (AvgIpc) is 3.60. The zero-order valence-corrected chi connectivity index (χ0v) is 19.7. The van der Waals surface area contributed by atoms with Crippen LogP contribution in [0, 0.1) is 11.7 Å². The fraction of sp³-hybridized carbons (Fsp3) is 0.583. The van der Waals surface area contributed by atoms with Crippen molar-refractivity contribution in [3.63, 3.8) is 0 Å².